The van der Waals surface area contributed by atoms with Crippen molar-refractivity contribution in [3.63, 3.8) is 0 Å². The first-order valence-electron chi connectivity index (χ1n) is 8.15. The van der Waals surface area contributed by atoms with E-state index in [1.165, 1.54) is 11.1 Å². The number of aromatic nitrogens is 1. The van der Waals surface area contributed by atoms with Crippen LogP contribution in [0.3, 0.4) is 0 Å². The molecule has 3 aromatic rings. The lowest BCUT2D eigenvalue weighted by molar-refractivity contribution is -0.147. The van der Waals surface area contributed by atoms with Crippen molar-refractivity contribution in [2.75, 3.05) is 13.2 Å². The van der Waals surface area contributed by atoms with E-state index in [1.54, 1.807) is 11.3 Å². The Hall–Kier alpha value is -2.93. The lowest BCUT2D eigenvalue weighted by Gasteiger charge is -2.05. The Morgan fingerprint density at radius 3 is 2.77 bits per heavy atom. The van der Waals surface area contributed by atoms with E-state index < -0.39 is 5.97 Å². The van der Waals surface area contributed by atoms with Crippen molar-refractivity contribution < 1.29 is 18.7 Å². The molecule has 0 radical (unpaired) electrons. The van der Waals surface area contributed by atoms with E-state index in [-0.39, 0.29) is 18.9 Å². The lowest BCUT2D eigenvalue weighted by Crippen LogP contribution is -2.30. The Kier molecular flexibility index (Phi) is 6.16. The van der Waals surface area contributed by atoms with Gasteiger partial charge in [0.25, 0.3) is 5.91 Å². The van der Waals surface area contributed by atoms with E-state index in [0.29, 0.717) is 18.1 Å². The van der Waals surface area contributed by atoms with Crippen LogP contribution in [0.2, 0.25) is 0 Å². The highest BCUT2D eigenvalue weighted by Gasteiger charge is 2.12. The van der Waals surface area contributed by atoms with Crippen LogP contribution in [0.15, 0.2) is 58.5 Å². The number of thiophene rings is 1. The fourth-order valence-corrected chi connectivity index (χ4v) is 2.99. The number of carbonyl (C=O) groups excluding carboxylic acids is 2. The fourth-order valence-electron chi connectivity index (χ4n) is 2.28. The number of rotatable bonds is 8. The van der Waals surface area contributed by atoms with E-state index >= 15 is 0 Å². The van der Waals surface area contributed by atoms with Crippen molar-refractivity contribution in [2.24, 2.45) is 0 Å². The Labute approximate surface area is 154 Å². The van der Waals surface area contributed by atoms with Crippen LogP contribution in [0.4, 0.5) is 0 Å². The Balaban J connectivity index is 1.38. The van der Waals surface area contributed by atoms with Gasteiger partial charge < -0.3 is 14.5 Å². The SMILES string of the molecule is O=C(COC(=O)Cc1coc(-c2ccccc2)n1)NCCc1cccs1. The van der Waals surface area contributed by atoms with Crippen LogP contribution in [-0.4, -0.2) is 30.0 Å². The molecular weight excluding hydrogens is 352 g/mol. The number of amides is 1. The highest BCUT2D eigenvalue weighted by molar-refractivity contribution is 7.09. The molecule has 0 fully saturated rings. The van der Waals surface area contributed by atoms with Crippen LogP contribution in [0.1, 0.15) is 10.6 Å². The predicted octanol–water partition coefficient (Wildman–Crippen LogP) is 2.85. The van der Waals surface area contributed by atoms with E-state index in [2.05, 4.69) is 10.3 Å². The van der Waals surface area contributed by atoms with Crippen LogP contribution >= 0.6 is 11.3 Å². The smallest absolute Gasteiger partial charge is 0.312 e. The molecule has 0 aliphatic carbocycles. The minimum atomic E-state index is -0.522. The molecule has 0 atom stereocenters. The number of hydrogen-bond acceptors (Lipinski definition) is 6. The van der Waals surface area contributed by atoms with Crippen molar-refractivity contribution in [3.05, 3.63) is 64.7 Å². The summed E-state index contributed by atoms with van der Waals surface area (Å²) in [5.74, 6) is -0.397. The molecule has 0 aliphatic heterocycles. The first-order valence-corrected chi connectivity index (χ1v) is 9.03. The molecular formula is C19H18N2O4S. The second-order valence-corrected chi connectivity index (χ2v) is 6.56. The van der Waals surface area contributed by atoms with Crippen LogP contribution in [0.5, 0.6) is 0 Å². The average molecular weight is 370 g/mol. The molecule has 6 nitrogen and oxygen atoms in total. The molecule has 0 saturated heterocycles. The van der Waals surface area contributed by atoms with Gasteiger partial charge >= 0.3 is 5.97 Å². The highest BCUT2D eigenvalue weighted by atomic mass is 32.1. The molecule has 0 bridgehead atoms. The number of esters is 1. The Morgan fingerprint density at radius 2 is 2.00 bits per heavy atom. The molecule has 2 aromatic heterocycles. The second kappa shape index (κ2) is 8.96. The van der Waals surface area contributed by atoms with Gasteiger partial charge in [-0.05, 0) is 30.0 Å². The van der Waals surface area contributed by atoms with Gasteiger partial charge in [0.2, 0.25) is 5.89 Å². The topological polar surface area (TPSA) is 81.4 Å². The van der Waals surface area contributed by atoms with Gasteiger partial charge in [-0.25, -0.2) is 4.98 Å². The largest absolute Gasteiger partial charge is 0.455 e. The summed E-state index contributed by atoms with van der Waals surface area (Å²) in [6.45, 7) is 0.216. The number of nitrogens with one attached hydrogen (secondary N) is 1. The molecule has 2 heterocycles. The van der Waals surface area contributed by atoms with E-state index in [1.807, 2.05) is 47.8 Å². The second-order valence-electron chi connectivity index (χ2n) is 5.53. The third kappa shape index (κ3) is 5.29. The maximum absolute atomic E-state index is 11.8. The van der Waals surface area contributed by atoms with Crippen molar-refractivity contribution in [1.29, 1.82) is 0 Å². The molecule has 3 rings (SSSR count). The fraction of sp³-hybridized carbons (Fsp3) is 0.211. The third-order valence-corrected chi connectivity index (χ3v) is 4.47. The number of carbonyl (C=O) groups is 2. The Morgan fingerprint density at radius 1 is 1.15 bits per heavy atom. The number of hydrogen-bond donors (Lipinski definition) is 1. The molecule has 0 unspecified atom stereocenters. The minimum Gasteiger partial charge on any atom is -0.455 e. The summed E-state index contributed by atoms with van der Waals surface area (Å²) < 4.78 is 10.3. The minimum absolute atomic E-state index is 0.0428. The number of oxazole rings is 1. The van der Waals surface area contributed by atoms with Crippen molar-refractivity contribution in [2.45, 2.75) is 12.8 Å². The first-order chi connectivity index (χ1) is 12.7. The summed E-state index contributed by atoms with van der Waals surface area (Å²) in [6.07, 6.45) is 2.14. The van der Waals surface area contributed by atoms with Gasteiger partial charge in [0, 0.05) is 17.0 Å². The van der Waals surface area contributed by atoms with Crippen LogP contribution < -0.4 is 5.32 Å². The van der Waals surface area contributed by atoms with E-state index in [9.17, 15) is 9.59 Å². The molecule has 0 aliphatic rings. The summed E-state index contributed by atoms with van der Waals surface area (Å²) in [7, 11) is 0. The van der Waals surface area contributed by atoms with Gasteiger partial charge in [-0.2, -0.15) is 0 Å². The highest BCUT2D eigenvalue weighted by Crippen LogP contribution is 2.18. The van der Waals surface area contributed by atoms with Crippen LogP contribution in [-0.2, 0) is 27.2 Å². The summed E-state index contributed by atoms with van der Waals surface area (Å²) >= 11 is 1.64. The maximum atomic E-state index is 11.8. The summed E-state index contributed by atoms with van der Waals surface area (Å²) in [6, 6.07) is 13.4. The number of nitrogens with zero attached hydrogens (tertiary/aromatic N) is 1. The van der Waals surface area contributed by atoms with Crippen molar-refractivity contribution in [1.82, 2.24) is 10.3 Å². The van der Waals surface area contributed by atoms with Crippen molar-refractivity contribution >= 4 is 23.2 Å². The van der Waals surface area contributed by atoms with Gasteiger partial charge in [-0.1, -0.05) is 24.3 Å². The molecule has 1 aromatic carbocycles. The first kappa shape index (κ1) is 17.9. The zero-order valence-electron chi connectivity index (χ0n) is 14.0. The standard InChI is InChI=1S/C19H18N2O4S/c22-17(20-9-8-16-7-4-10-26-16)13-24-18(23)11-15-12-25-19(21-15)14-5-2-1-3-6-14/h1-7,10,12H,8-9,11,13H2,(H,20,22). The zero-order chi connectivity index (χ0) is 18.2. The zero-order valence-corrected chi connectivity index (χ0v) is 14.8. The summed E-state index contributed by atoms with van der Waals surface area (Å²) in [5, 5.41) is 4.71. The van der Waals surface area contributed by atoms with Crippen LogP contribution in [0, 0.1) is 0 Å². The molecule has 26 heavy (non-hydrogen) atoms. The summed E-state index contributed by atoms with van der Waals surface area (Å²) in [5.41, 5.74) is 1.30. The monoisotopic (exact) mass is 370 g/mol. The molecule has 1 N–H and O–H groups in total. The molecule has 7 heteroatoms. The van der Waals surface area contributed by atoms with Crippen molar-refractivity contribution in [3.8, 4) is 11.5 Å². The molecule has 134 valence electrons. The van der Waals surface area contributed by atoms with E-state index in [0.717, 1.165) is 12.0 Å². The molecule has 0 saturated carbocycles. The molecule has 1 amide bonds. The maximum Gasteiger partial charge on any atom is 0.312 e. The third-order valence-electron chi connectivity index (χ3n) is 3.54. The molecule has 0 spiro atoms. The quantitative estimate of drug-likeness (QED) is 0.617. The Bertz CT molecular complexity index is 844. The van der Waals surface area contributed by atoms with Gasteiger partial charge in [0.1, 0.15) is 6.26 Å². The van der Waals surface area contributed by atoms with E-state index in [4.69, 9.17) is 9.15 Å². The van der Waals surface area contributed by atoms with Crippen LogP contribution in [0.25, 0.3) is 11.5 Å². The number of ether oxygens (including phenoxy) is 1. The van der Waals surface area contributed by atoms with Gasteiger partial charge in [-0.3, -0.25) is 9.59 Å². The van der Waals surface area contributed by atoms with Gasteiger partial charge in [0.05, 0.1) is 12.1 Å². The number of benzene rings is 1. The average Bonchev–Trinajstić information content (AvgIpc) is 3.33. The normalized spacial score (nSPS) is 10.5. The predicted molar refractivity (Wildman–Crippen MR) is 97.6 cm³/mol. The van der Waals surface area contributed by atoms with Gasteiger partial charge in [0.15, 0.2) is 6.61 Å². The lowest BCUT2D eigenvalue weighted by atomic mass is 10.2. The van der Waals surface area contributed by atoms with Gasteiger partial charge in [-0.15, -0.1) is 11.3 Å². The summed E-state index contributed by atoms with van der Waals surface area (Å²) in [4.78, 5) is 29.0.